The number of rotatable bonds is 30. The fourth-order valence-corrected chi connectivity index (χ4v) is 7.12. The molecule has 0 spiro atoms. The van der Waals surface area contributed by atoms with Gasteiger partial charge in [0, 0.05) is 21.1 Å². The molecule has 1 aliphatic rings. The Hall–Kier alpha value is -0.863. The lowest BCUT2D eigenvalue weighted by molar-refractivity contribution is -0.272. The quantitative estimate of drug-likeness (QED) is 0.0210. The summed E-state index contributed by atoms with van der Waals surface area (Å²) in [4.78, 5) is 39.4. The third-order valence-electron chi connectivity index (χ3n) is 9.46. The molecule has 0 aromatic rings. The second-order valence-electron chi connectivity index (χ2n) is 15.9. The van der Waals surface area contributed by atoms with E-state index in [1.54, 1.807) is 0 Å². The molecule has 54 heavy (non-hydrogen) atoms. The maximum absolute atomic E-state index is 13.6. The van der Waals surface area contributed by atoms with E-state index in [9.17, 15) is 24.6 Å². The molecule has 318 valence electrons. The Morgan fingerprint density at radius 1 is 0.815 bits per heavy atom. The standard InChI is InChI=1S/C39H72Cl3NO10Si/c1-6-8-10-12-14-16-17-19-21-23-30(51-32(45)24-22-20-18-15-13-11-9-7-2)27-33(46)53-36-34(43-38(48)50-29-39(40,41)42)37(49-25-26-54(3,4)5)52-31(28-44)35(36)47/h30-31,34-37,44,47H,6-29H2,1-5H3,(H,43,48)/t30-,31-,34+,35-,36-,37+/m1/s1. The third-order valence-corrected chi connectivity index (χ3v) is 11.5. The van der Waals surface area contributed by atoms with Gasteiger partial charge in [-0.25, -0.2) is 4.79 Å². The fourth-order valence-electron chi connectivity index (χ4n) is 6.23. The Kier molecular flexibility index (Phi) is 27.8. The van der Waals surface area contributed by atoms with Gasteiger partial charge in [0.2, 0.25) is 3.79 Å². The number of aliphatic hydroxyl groups is 2. The van der Waals surface area contributed by atoms with Gasteiger partial charge in [-0.05, 0) is 25.3 Å². The average molecular weight is 849 g/mol. The summed E-state index contributed by atoms with van der Waals surface area (Å²) in [6, 6.07) is -0.504. The first-order valence-electron chi connectivity index (χ1n) is 20.5. The molecule has 1 saturated heterocycles. The molecular formula is C39H72Cl3NO10Si. The molecule has 6 atom stereocenters. The molecule has 1 aliphatic heterocycles. The van der Waals surface area contributed by atoms with Crippen LogP contribution in [0.1, 0.15) is 142 Å². The fraction of sp³-hybridized carbons (Fsp3) is 0.923. The molecule has 1 rings (SSSR count). The molecule has 0 aromatic carbocycles. The number of hydrogen-bond donors (Lipinski definition) is 3. The van der Waals surface area contributed by atoms with Crippen molar-refractivity contribution >= 4 is 60.9 Å². The van der Waals surface area contributed by atoms with E-state index in [0.717, 1.165) is 57.4 Å². The number of ether oxygens (including phenoxy) is 5. The largest absolute Gasteiger partial charge is 0.462 e. The monoisotopic (exact) mass is 847 g/mol. The van der Waals surface area contributed by atoms with Crippen LogP contribution in [0.5, 0.6) is 0 Å². The first kappa shape index (κ1) is 51.2. The summed E-state index contributed by atoms with van der Waals surface area (Å²) in [5.74, 6) is -1.10. The van der Waals surface area contributed by atoms with Crippen LogP contribution in [0.3, 0.4) is 0 Å². The third kappa shape index (κ3) is 25.4. The van der Waals surface area contributed by atoms with Crippen molar-refractivity contribution < 1.29 is 48.3 Å². The smallest absolute Gasteiger partial charge is 0.407 e. The van der Waals surface area contributed by atoms with E-state index in [0.29, 0.717) is 6.42 Å². The Morgan fingerprint density at radius 2 is 1.35 bits per heavy atom. The molecule has 3 N–H and O–H groups in total. The number of alkyl carbamates (subject to hydrolysis) is 1. The predicted octanol–water partition coefficient (Wildman–Crippen LogP) is 9.55. The average Bonchev–Trinajstić information content (AvgIpc) is 3.09. The Bertz CT molecular complexity index is 1020. The van der Waals surface area contributed by atoms with Gasteiger partial charge in [0.05, 0.1) is 13.0 Å². The number of esters is 2. The highest BCUT2D eigenvalue weighted by molar-refractivity contribution is 6.76. The minimum absolute atomic E-state index is 0.250. The van der Waals surface area contributed by atoms with Crippen molar-refractivity contribution in [1.82, 2.24) is 5.32 Å². The molecule has 0 aliphatic carbocycles. The first-order chi connectivity index (χ1) is 25.6. The molecule has 0 saturated carbocycles. The summed E-state index contributed by atoms with van der Waals surface area (Å²) in [6.45, 7) is 9.98. The van der Waals surface area contributed by atoms with Crippen LogP contribution in [0.4, 0.5) is 4.79 Å². The number of hydrogen-bond acceptors (Lipinski definition) is 10. The molecule has 11 nitrogen and oxygen atoms in total. The van der Waals surface area contributed by atoms with Crippen LogP contribution < -0.4 is 5.32 Å². The van der Waals surface area contributed by atoms with Gasteiger partial charge in [-0.1, -0.05) is 165 Å². The summed E-state index contributed by atoms with van der Waals surface area (Å²) in [6.07, 6.45) is 12.3. The number of aliphatic hydroxyl groups excluding tert-OH is 2. The van der Waals surface area contributed by atoms with Crippen LogP contribution in [0.2, 0.25) is 25.7 Å². The van der Waals surface area contributed by atoms with Crippen LogP contribution in [-0.4, -0.2) is 96.7 Å². The second-order valence-corrected chi connectivity index (χ2v) is 24.0. The van der Waals surface area contributed by atoms with E-state index >= 15 is 0 Å². The number of amides is 1. The van der Waals surface area contributed by atoms with Crippen molar-refractivity contribution in [3.8, 4) is 0 Å². The van der Waals surface area contributed by atoms with Crippen molar-refractivity contribution in [1.29, 1.82) is 0 Å². The maximum Gasteiger partial charge on any atom is 0.407 e. The highest BCUT2D eigenvalue weighted by atomic mass is 35.6. The van der Waals surface area contributed by atoms with Crippen molar-refractivity contribution in [3.05, 3.63) is 0 Å². The van der Waals surface area contributed by atoms with Crippen molar-refractivity contribution in [2.45, 2.75) is 208 Å². The van der Waals surface area contributed by atoms with E-state index in [1.807, 2.05) is 0 Å². The molecule has 1 fully saturated rings. The van der Waals surface area contributed by atoms with Gasteiger partial charge in [0.1, 0.15) is 31.0 Å². The zero-order valence-corrected chi connectivity index (χ0v) is 37.0. The van der Waals surface area contributed by atoms with Gasteiger partial charge < -0.3 is 39.2 Å². The van der Waals surface area contributed by atoms with E-state index in [2.05, 4.69) is 38.8 Å². The Labute approximate surface area is 341 Å². The summed E-state index contributed by atoms with van der Waals surface area (Å²) in [5, 5.41) is 23.8. The van der Waals surface area contributed by atoms with Crippen LogP contribution in [-0.2, 0) is 33.3 Å². The van der Waals surface area contributed by atoms with Crippen LogP contribution in [0, 0.1) is 0 Å². The summed E-state index contributed by atoms with van der Waals surface area (Å²) >= 11 is 17.3. The van der Waals surface area contributed by atoms with Crippen LogP contribution >= 0.6 is 34.8 Å². The topological polar surface area (TPSA) is 150 Å². The number of carbonyl (C=O) groups excluding carboxylic acids is 3. The molecule has 0 radical (unpaired) electrons. The molecule has 15 heteroatoms. The number of alkyl halides is 3. The number of nitrogens with one attached hydrogen (secondary N) is 1. The normalized spacial score (nSPS) is 21.0. The van der Waals surface area contributed by atoms with E-state index in [-0.39, 0.29) is 25.4 Å². The summed E-state index contributed by atoms with van der Waals surface area (Å²) < 4.78 is 26.7. The Balaban J connectivity index is 3.03. The van der Waals surface area contributed by atoms with Gasteiger partial charge in [0.25, 0.3) is 0 Å². The molecule has 0 unspecified atom stereocenters. The number of halogens is 3. The van der Waals surface area contributed by atoms with E-state index in [1.165, 1.54) is 57.8 Å². The second kappa shape index (κ2) is 29.4. The van der Waals surface area contributed by atoms with Crippen LogP contribution in [0.15, 0.2) is 0 Å². The van der Waals surface area contributed by atoms with Gasteiger partial charge in [-0.2, -0.15) is 0 Å². The molecule has 1 heterocycles. The minimum atomic E-state index is -1.88. The first-order valence-corrected chi connectivity index (χ1v) is 25.4. The van der Waals surface area contributed by atoms with Gasteiger partial charge in [-0.15, -0.1) is 0 Å². The lowest BCUT2D eigenvalue weighted by Crippen LogP contribution is -2.66. The van der Waals surface area contributed by atoms with Crippen molar-refractivity contribution in [3.63, 3.8) is 0 Å². The van der Waals surface area contributed by atoms with Crippen LogP contribution in [0.25, 0.3) is 0 Å². The number of unbranched alkanes of at least 4 members (excludes halogenated alkanes) is 15. The summed E-state index contributed by atoms with van der Waals surface area (Å²) in [7, 11) is -1.55. The highest BCUT2D eigenvalue weighted by Gasteiger charge is 2.49. The molecule has 0 bridgehead atoms. The van der Waals surface area contributed by atoms with Crippen molar-refractivity contribution in [2.75, 3.05) is 19.8 Å². The Morgan fingerprint density at radius 3 is 1.87 bits per heavy atom. The summed E-state index contributed by atoms with van der Waals surface area (Å²) in [5.41, 5.74) is 0. The maximum atomic E-state index is 13.6. The number of carbonyl (C=O) groups is 3. The lowest BCUT2D eigenvalue weighted by Gasteiger charge is -2.43. The molecule has 1 amide bonds. The molecular weight excluding hydrogens is 777 g/mol. The van der Waals surface area contributed by atoms with Gasteiger partial charge >= 0.3 is 18.0 Å². The minimum Gasteiger partial charge on any atom is -0.462 e. The lowest BCUT2D eigenvalue weighted by atomic mass is 9.96. The predicted molar refractivity (Wildman–Crippen MR) is 218 cm³/mol. The molecule has 0 aromatic heterocycles. The van der Waals surface area contributed by atoms with Crippen molar-refractivity contribution in [2.24, 2.45) is 0 Å². The SMILES string of the molecule is CCCCCCCCCCC[C@H](CC(=O)O[C@H]1[C@H](O)[C@@H](CO)O[C@H](OCC[Si](C)(C)C)[C@H]1NC(=O)OCC(Cl)(Cl)Cl)OC(=O)CCCCCCCCCC. The zero-order valence-electron chi connectivity index (χ0n) is 33.7. The van der Waals surface area contributed by atoms with E-state index < -0.39 is 73.9 Å². The zero-order chi connectivity index (χ0) is 40.4. The van der Waals surface area contributed by atoms with Gasteiger partial charge in [-0.3, -0.25) is 9.59 Å². The van der Waals surface area contributed by atoms with E-state index in [4.69, 9.17) is 58.5 Å². The highest BCUT2D eigenvalue weighted by Crippen LogP contribution is 2.28. The van der Waals surface area contributed by atoms with Gasteiger partial charge in [0.15, 0.2) is 12.4 Å².